The fraction of sp³-hybridized carbons (Fsp3) is 0.250. The highest BCUT2D eigenvalue weighted by Gasteiger charge is 2.18. The van der Waals surface area contributed by atoms with Gasteiger partial charge in [-0.15, -0.1) is 0 Å². The van der Waals surface area contributed by atoms with Crippen molar-refractivity contribution in [3.63, 3.8) is 0 Å². The minimum atomic E-state index is -0.411. The first-order valence-electron chi connectivity index (χ1n) is 6.40. The second-order valence-electron chi connectivity index (χ2n) is 4.50. The summed E-state index contributed by atoms with van der Waals surface area (Å²) in [5.41, 5.74) is 1.02. The maximum absolute atomic E-state index is 14.3. The van der Waals surface area contributed by atoms with E-state index < -0.39 is 5.82 Å². The molecule has 2 rings (SSSR count). The Hall–Kier alpha value is -1.94. The van der Waals surface area contributed by atoms with Crippen LogP contribution < -0.4 is 10.1 Å². The van der Waals surface area contributed by atoms with Crippen LogP contribution in [-0.2, 0) is 6.42 Å². The van der Waals surface area contributed by atoms with Gasteiger partial charge in [0.05, 0.1) is 7.11 Å². The van der Waals surface area contributed by atoms with Crippen LogP contribution in [0.25, 0.3) is 0 Å². The van der Waals surface area contributed by atoms with Crippen molar-refractivity contribution in [2.45, 2.75) is 12.5 Å². The van der Waals surface area contributed by atoms with E-state index >= 15 is 0 Å². The second-order valence-corrected chi connectivity index (χ2v) is 4.50. The van der Waals surface area contributed by atoms with Gasteiger partial charge in [-0.3, -0.25) is 0 Å². The Morgan fingerprint density at radius 2 is 1.85 bits per heavy atom. The first-order valence-corrected chi connectivity index (χ1v) is 6.40. The number of hydrogen-bond donors (Lipinski definition) is 1. The lowest BCUT2D eigenvalue weighted by molar-refractivity contribution is 0.380. The highest BCUT2D eigenvalue weighted by molar-refractivity contribution is 5.34. The van der Waals surface area contributed by atoms with Crippen LogP contribution in [0.3, 0.4) is 0 Å². The number of nitrogens with one attached hydrogen (secondary N) is 1. The number of methoxy groups -OCH3 is 1. The zero-order chi connectivity index (χ0) is 14.5. The first-order chi connectivity index (χ1) is 9.67. The van der Waals surface area contributed by atoms with E-state index in [-0.39, 0.29) is 17.6 Å². The van der Waals surface area contributed by atoms with Crippen molar-refractivity contribution in [1.82, 2.24) is 5.32 Å². The summed E-state index contributed by atoms with van der Waals surface area (Å²) in [5, 5.41) is 3.02. The topological polar surface area (TPSA) is 21.3 Å². The summed E-state index contributed by atoms with van der Waals surface area (Å²) in [7, 11) is 3.15. The molecule has 1 atom stereocenters. The van der Waals surface area contributed by atoms with Crippen molar-refractivity contribution in [3.8, 4) is 5.75 Å². The highest BCUT2D eigenvalue weighted by atomic mass is 19.1. The van der Waals surface area contributed by atoms with Crippen molar-refractivity contribution in [2.24, 2.45) is 0 Å². The summed E-state index contributed by atoms with van der Waals surface area (Å²) < 4.78 is 32.9. The molecule has 0 fully saturated rings. The van der Waals surface area contributed by atoms with Gasteiger partial charge in [-0.25, -0.2) is 8.78 Å². The second kappa shape index (κ2) is 6.48. The van der Waals surface area contributed by atoms with E-state index in [1.807, 2.05) is 0 Å². The first kappa shape index (κ1) is 14.5. The normalized spacial score (nSPS) is 12.2. The van der Waals surface area contributed by atoms with Crippen LogP contribution in [0.4, 0.5) is 8.78 Å². The number of benzene rings is 2. The molecule has 2 nitrogen and oxygen atoms in total. The summed E-state index contributed by atoms with van der Waals surface area (Å²) in [6.45, 7) is 0. The molecule has 0 saturated carbocycles. The van der Waals surface area contributed by atoms with Gasteiger partial charge >= 0.3 is 0 Å². The standard InChI is InChI=1S/C16H17F2NO/c1-19-14(10-11-6-3-4-8-13(11)17)12-7-5-9-15(20-2)16(12)18/h3-9,14,19H,10H2,1-2H3. The van der Waals surface area contributed by atoms with Crippen LogP contribution in [0.1, 0.15) is 17.2 Å². The third-order valence-corrected chi connectivity index (χ3v) is 3.32. The molecule has 20 heavy (non-hydrogen) atoms. The van der Waals surface area contributed by atoms with Crippen LogP contribution in [0.5, 0.6) is 5.75 Å². The summed E-state index contributed by atoms with van der Waals surface area (Å²) in [6, 6.07) is 11.2. The predicted octanol–water partition coefficient (Wildman–Crippen LogP) is 3.48. The summed E-state index contributed by atoms with van der Waals surface area (Å²) in [6.07, 6.45) is 0.368. The van der Waals surface area contributed by atoms with Crippen molar-refractivity contribution in [3.05, 3.63) is 65.2 Å². The lowest BCUT2D eigenvalue weighted by Crippen LogP contribution is -2.20. The summed E-state index contributed by atoms with van der Waals surface area (Å²) in [5.74, 6) is -0.502. The molecular formula is C16H17F2NO. The van der Waals surface area contributed by atoms with Gasteiger partial charge in [0.25, 0.3) is 0 Å². The Kier molecular flexibility index (Phi) is 4.69. The van der Waals surface area contributed by atoms with E-state index in [0.717, 1.165) is 0 Å². The molecule has 0 aromatic heterocycles. The van der Waals surface area contributed by atoms with Crippen LogP contribution >= 0.6 is 0 Å². The zero-order valence-corrected chi connectivity index (χ0v) is 11.5. The van der Waals surface area contributed by atoms with Gasteiger partial charge in [0.2, 0.25) is 0 Å². The van der Waals surface area contributed by atoms with E-state index in [2.05, 4.69) is 5.32 Å². The summed E-state index contributed by atoms with van der Waals surface area (Å²) in [4.78, 5) is 0. The molecule has 1 N–H and O–H groups in total. The fourth-order valence-corrected chi connectivity index (χ4v) is 2.21. The molecular weight excluding hydrogens is 260 g/mol. The maximum Gasteiger partial charge on any atom is 0.169 e. The quantitative estimate of drug-likeness (QED) is 0.903. The third-order valence-electron chi connectivity index (χ3n) is 3.32. The maximum atomic E-state index is 14.3. The van der Waals surface area contributed by atoms with E-state index in [9.17, 15) is 8.78 Å². The van der Waals surface area contributed by atoms with Gasteiger partial charge in [-0.1, -0.05) is 30.3 Å². The van der Waals surface area contributed by atoms with Gasteiger partial charge in [0.1, 0.15) is 5.82 Å². The van der Waals surface area contributed by atoms with Crippen molar-refractivity contribution in [1.29, 1.82) is 0 Å². The number of hydrogen-bond acceptors (Lipinski definition) is 2. The molecule has 106 valence electrons. The van der Waals surface area contributed by atoms with E-state index in [4.69, 9.17) is 4.74 Å². The Bertz CT molecular complexity index is 586. The monoisotopic (exact) mass is 277 g/mol. The van der Waals surface area contributed by atoms with Crippen LogP contribution in [-0.4, -0.2) is 14.2 Å². The largest absolute Gasteiger partial charge is 0.494 e. The molecule has 0 amide bonds. The Balaban J connectivity index is 2.32. The van der Waals surface area contributed by atoms with E-state index in [1.165, 1.54) is 13.2 Å². The van der Waals surface area contributed by atoms with Gasteiger partial charge in [-0.05, 0) is 31.2 Å². The van der Waals surface area contributed by atoms with Crippen molar-refractivity contribution in [2.75, 3.05) is 14.2 Å². The molecule has 0 aliphatic rings. The number of halogens is 2. The average molecular weight is 277 g/mol. The van der Waals surface area contributed by atoms with Crippen LogP contribution in [0.2, 0.25) is 0 Å². The lowest BCUT2D eigenvalue weighted by Gasteiger charge is -2.19. The molecule has 2 aromatic carbocycles. The van der Waals surface area contributed by atoms with Gasteiger partial charge in [-0.2, -0.15) is 0 Å². The molecule has 0 spiro atoms. The molecule has 0 saturated heterocycles. The van der Waals surface area contributed by atoms with E-state index in [1.54, 1.807) is 43.4 Å². The average Bonchev–Trinajstić information content (AvgIpc) is 2.47. The third kappa shape index (κ3) is 2.96. The molecule has 0 radical (unpaired) electrons. The lowest BCUT2D eigenvalue weighted by atomic mass is 9.98. The molecule has 0 bridgehead atoms. The molecule has 0 aliphatic carbocycles. The summed E-state index contributed by atoms with van der Waals surface area (Å²) >= 11 is 0. The van der Waals surface area contributed by atoms with E-state index in [0.29, 0.717) is 17.5 Å². The fourth-order valence-electron chi connectivity index (χ4n) is 2.21. The van der Waals surface area contributed by atoms with Gasteiger partial charge in [0, 0.05) is 11.6 Å². The zero-order valence-electron chi connectivity index (χ0n) is 11.5. The smallest absolute Gasteiger partial charge is 0.169 e. The van der Waals surface area contributed by atoms with Crippen molar-refractivity contribution < 1.29 is 13.5 Å². The minimum Gasteiger partial charge on any atom is -0.494 e. The Labute approximate surface area is 117 Å². The number of rotatable bonds is 5. The molecule has 1 unspecified atom stereocenters. The SMILES string of the molecule is CNC(Cc1ccccc1F)c1cccc(OC)c1F. The Morgan fingerprint density at radius 1 is 1.10 bits per heavy atom. The molecule has 4 heteroatoms. The minimum absolute atomic E-state index is 0.191. The molecule has 0 heterocycles. The van der Waals surface area contributed by atoms with Crippen LogP contribution in [0, 0.1) is 11.6 Å². The Morgan fingerprint density at radius 3 is 2.50 bits per heavy atom. The predicted molar refractivity (Wildman–Crippen MR) is 74.9 cm³/mol. The number of likely N-dealkylation sites (N-methyl/N-ethyl adjacent to an activating group) is 1. The van der Waals surface area contributed by atoms with Crippen LogP contribution in [0.15, 0.2) is 42.5 Å². The van der Waals surface area contributed by atoms with Crippen molar-refractivity contribution >= 4 is 0 Å². The number of ether oxygens (including phenoxy) is 1. The molecule has 2 aromatic rings. The highest BCUT2D eigenvalue weighted by Crippen LogP contribution is 2.27. The molecule has 0 aliphatic heterocycles. The van der Waals surface area contributed by atoms with Gasteiger partial charge < -0.3 is 10.1 Å². The van der Waals surface area contributed by atoms with Gasteiger partial charge in [0.15, 0.2) is 11.6 Å².